The molecule has 1 unspecified atom stereocenters. The number of aryl methyl sites for hydroxylation is 1. The molecule has 1 aliphatic carbocycles. The summed E-state index contributed by atoms with van der Waals surface area (Å²) in [6.07, 6.45) is 4.13. The molecule has 3 N–H and O–H groups in total. The van der Waals surface area contributed by atoms with Crippen LogP contribution in [0.5, 0.6) is 0 Å². The Bertz CT molecular complexity index is 1060. The van der Waals surface area contributed by atoms with Crippen LogP contribution in [-0.2, 0) is 4.79 Å². The zero-order valence-electron chi connectivity index (χ0n) is 20.7. The van der Waals surface area contributed by atoms with E-state index in [1.54, 1.807) is 6.92 Å². The molecule has 1 aliphatic heterocycles. The topological polar surface area (TPSA) is 103 Å². The van der Waals surface area contributed by atoms with E-state index in [4.69, 9.17) is 0 Å². The van der Waals surface area contributed by atoms with Crippen LogP contribution in [0.1, 0.15) is 66.4 Å². The Kier molecular flexibility index (Phi) is 8.18. The number of urea groups is 1. The van der Waals surface area contributed by atoms with Crippen LogP contribution < -0.4 is 16.0 Å². The van der Waals surface area contributed by atoms with Crippen molar-refractivity contribution in [3.05, 3.63) is 46.5 Å². The van der Waals surface area contributed by atoms with Gasteiger partial charge < -0.3 is 10.6 Å². The van der Waals surface area contributed by atoms with Gasteiger partial charge in [-0.25, -0.2) is 9.78 Å². The zero-order chi connectivity index (χ0) is 24.9. The number of Topliss-reactive ketones (excluding diaryl/α,β-unsaturated/α-hetero) is 1. The Balaban J connectivity index is 1.36. The average molecular weight is 498 g/mol. The van der Waals surface area contributed by atoms with Gasteiger partial charge in [-0.15, -0.1) is 0 Å². The fraction of sp³-hybridized carbons (Fsp3) is 0.538. The number of carbonyl (C=O) groups excluding carboxylic acids is 3. The van der Waals surface area contributed by atoms with Gasteiger partial charge >= 0.3 is 6.03 Å². The van der Waals surface area contributed by atoms with E-state index in [9.17, 15) is 14.4 Å². The minimum atomic E-state index is -0.294. The van der Waals surface area contributed by atoms with Crippen molar-refractivity contribution in [1.82, 2.24) is 20.5 Å². The molecule has 2 fully saturated rings. The van der Waals surface area contributed by atoms with Crippen molar-refractivity contribution >= 4 is 34.2 Å². The van der Waals surface area contributed by atoms with Crippen LogP contribution in [0.15, 0.2) is 30.3 Å². The Morgan fingerprint density at radius 2 is 1.97 bits per heavy atom. The molecule has 1 saturated heterocycles. The molecule has 1 saturated carbocycles. The third kappa shape index (κ3) is 6.46. The van der Waals surface area contributed by atoms with Gasteiger partial charge in [0, 0.05) is 38.0 Å². The van der Waals surface area contributed by atoms with Crippen molar-refractivity contribution < 1.29 is 14.4 Å². The molecule has 188 valence electrons. The van der Waals surface area contributed by atoms with Crippen LogP contribution >= 0.6 is 11.3 Å². The molecule has 3 amide bonds. The molecular formula is C26H35N5O3S. The number of thiazole rings is 1. The fourth-order valence-corrected chi connectivity index (χ4v) is 6.14. The monoisotopic (exact) mass is 497 g/mol. The van der Waals surface area contributed by atoms with Gasteiger partial charge in [-0.2, -0.15) is 0 Å². The van der Waals surface area contributed by atoms with E-state index in [1.165, 1.54) is 23.8 Å². The van der Waals surface area contributed by atoms with Crippen LogP contribution in [-0.4, -0.2) is 59.3 Å². The predicted molar refractivity (Wildman–Crippen MR) is 138 cm³/mol. The summed E-state index contributed by atoms with van der Waals surface area (Å²) in [5, 5.41) is 9.55. The Morgan fingerprint density at radius 1 is 1.23 bits per heavy atom. The number of hydrogen-bond donors (Lipinski definition) is 3. The largest absolute Gasteiger partial charge is 0.350 e. The quantitative estimate of drug-likeness (QED) is 0.503. The van der Waals surface area contributed by atoms with Gasteiger partial charge in [0.1, 0.15) is 0 Å². The lowest BCUT2D eigenvalue weighted by molar-refractivity contribution is -0.126. The summed E-state index contributed by atoms with van der Waals surface area (Å²) < 4.78 is 0. The van der Waals surface area contributed by atoms with Crippen molar-refractivity contribution in [3.63, 3.8) is 0 Å². The first-order valence-corrected chi connectivity index (χ1v) is 13.2. The summed E-state index contributed by atoms with van der Waals surface area (Å²) in [5.74, 6) is 0.503. The molecule has 0 radical (unpaired) electrons. The second-order valence-electron chi connectivity index (χ2n) is 9.81. The SMILES string of the molecule is CC(=O)c1sc(NC(=O)N[C@@H]2CCCC[C@H]2CN2CC(=O)N[C@@H](C(C)c3ccccc3)C2)nc1C. The number of nitrogens with zero attached hydrogens (tertiary/aromatic N) is 2. The molecule has 1 aromatic carbocycles. The molecule has 1 aromatic heterocycles. The molecule has 2 aromatic rings. The van der Waals surface area contributed by atoms with Crippen LogP contribution in [0.3, 0.4) is 0 Å². The van der Waals surface area contributed by atoms with Gasteiger partial charge in [0.05, 0.1) is 17.1 Å². The maximum atomic E-state index is 12.7. The lowest BCUT2D eigenvalue weighted by atomic mass is 9.83. The van der Waals surface area contributed by atoms with E-state index in [2.05, 4.69) is 44.9 Å². The van der Waals surface area contributed by atoms with Gasteiger partial charge in [0.2, 0.25) is 5.91 Å². The molecule has 0 bridgehead atoms. The fourth-order valence-electron chi connectivity index (χ4n) is 5.28. The number of benzene rings is 1. The van der Waals surface area contributed by atoms with Gasteiger partial charge in [-0.3, -0.25) is 19.8 Å². The van der Waals surface area contributed by atoms with E-state index in [1.807, 2.05) is 18.2 Å². The second kappa shape index (κ2) is 11.3. The maximum Gasteiger partial charge on any atom is 0.321 e. The number of carbonyl (C=O) groups is 3. The number of ketones is 1. The molecule has 4 atom stereocenters. The van der Waals surface area contributed by atoms with Gasteiger partial charge in [0.15, 0.2) is 10.9 Å². The summed E-state index contributed by atoms with van der Waals surface area (Å²) in [5.41, 5.74) is 1.86. The van der Waals surface area contributed by atoms with Gasteiger partial charge in [-0.1, -0.05) is 61.4 Å². The summed E-state index contributed by atoms with van der Waals surface area (Å²) in [6.45, 7) is 7.40. The minimum absolute atomic E-state index is 0.0343. The summed E-state index contributed by atoms with van der Waals surface area (Å²) in [4.78, 5) is 44.1. The normalized spacial score (nSPS) is 23.9. The summed E-state index contributed by atoms with van der Waals surface area (Å²) in [6, 6.07) is 10.1. The molecule has 2 heterocycles. The first kappa shape index (κ1) is 25.3. The van der Waals surface area contributed by atoms with Crippen LogP contribution in [0, 0.1) is 12.8 Å². The standard InChI is InChI=1S/C26H35N5O3S/c1-16(19-9-5-4-6-10-19)22-14-31(15-23(33)28-22)13-20-11-7-8-12-21(20)29-25(34)30-26-27-17(2)24(35-26)18(3)32/h4-6,9-10,16,20-22H,7-8,11-15H2,1-3H3,(H,28,33)(H2,27,29,30,34)/t16?,20-,21+,22+/m0/s1. The van der Waals surface area contributed by atoms with Gasteiger partial charge in [0.25, 0.3) is 0 Å². The highest BCUT2D eigenvalue weighted by atomic mass is 32.1. The van der Waals surface area contributed by atoms with Crippen molar-refractivity contribution in [2.24, 2.45) is 5.92 Å². The summed E-state index contributed by atoms with van der Waals surface area (Å²) >= 11 is 1.20. The third-order valence-corrected chi connectivity index (χ3v) is 8.33. The zero-order valence-corrected chi connectivity index (χ0v) is 21.5. The van der Waals surface area contributed by atoms with Crippen molar-refractivity contribution in [3.8, 4) is 0 Å². The Labute approximate surface area is 210 Å². The van der Waals surface area contributed by atoms with E-state index in [0.717, 1.165) is 38.8 Å². The number of piperazine rings is 1. The lowest BCUT2D eigenvalue weighted by Crippen LogP contribution is -2.58. The van der Waals surface area contributed by atoms with Crippen LogP contribution in [0.2, 0.25) is 0 Å². The highest BCUT2D eigenvalue weighted by molar-refractivity contribution is 7.17. The van der Waals surface area contributed by atoms with Crippen molar-refractivity contribution in [1.29, 1.82) is 0 Å². The number of amides is 3. The van der Waals surface area contributed by atoms with Gasteiger partial charge in [-0.05, 0) is 31.2 Å². The molecule has 0 spiro atoms. The average Bonchev–Trinajstić information content (AvgIpc) is 3.20. The molecule has 8 nitrogen and oxygen atoms in total. The first-order chi connectivity index (χ1) is 16.8. The number of nitrogens with one attached hydrogen (secondary N) is 3. The number of hydrogen-bond acceptors (Lipinski definition) is 6. The van der Waals surface area contributed by atoms with Crippen molar-refractivity contribution in [2.75, 3.05) is 25.0 Å². The van der Waals surface area contributed by atoms with E-state index in [0.29, 0.717) is 22.2 Å². The minimum Gasteiger partial charge on any atom is -0.350 e. The first-order valence-electron chi connectivity index (χ1n) is 12.4. The maximum absolute atomic E-state index is 12.7. The highest BCUT2D eigenvalue weighted by Crippen LogP contribution is 2.28. The highest BCUT2D eigenvalue weighted by Gasteiger charge is 2.33. The Hall–Kier alpha value is -2.78. The second-order valence-corrected chi connectivity index (χ2v) is 10.8. The summed E-state index contributed by atoms with van der Waals surface area (Å²) in [7, 11) is 0. The molecular weight excluding hydrogens is 462 g/mol. The molecule has 2 aliphatic rings. The Morgan fingerprint density at radius 3 is 2.69 bits per heavy atom. The van der Waals surface area contributed by atoms with E-state index in [-0.39, 0.29) is 41.6 Å². The lowest BCUT2D eigenvalue weighted by Gasteiger charge is -2.40. The van der Waals surface area contributed by atoms with Crippen LogP contribution in [0.4, 0.5) is 9.93 Å². The number of anilines is 1. The van der Waals surface area contributed by atoms with E-state index < -0.39 is 0 Å². The third-order valence-electron chi connectivity index (χ3n) is 7.15. The van der Waals surface area contributed by atoms with Crippen LogP contribution in [0.25, 0.3) is 0 Å². The van der Waals surface area contributed by atoms with Crippen molar-refractivity contribution in [2.45, 2.75) is 64.5 Å². The molecule has 4 rings (SSSR count). The smallest absolute Gasteiger partial charge is 0.321 e. The van der Waals surface area contributed by atoms with E-state index >= 15 is 0 Å². The predicted octanol–water partition coefficient (Wildman–Crippen LogP) is 3.94. The molecule has 35 heavy (non-hydrogen) atoms. The number of rotatable bonds is 7. The molecule has 9 heteroatoms. The number of aromatic nitrogens is 1.